The second kappa shape index (κ2) is 46.5. The van der Waals surface area contributed by atoms with Gasteiger partial charge in [0.15, 0.2) is 0 Å². The van der Waals surface area contributed by atoms with Gasteiger partial charge in [-0.1, -0.05) is 61.9 Å². The molecule has 12 heterocycles. The predicted octanol–water partition coefficient (Wildman–Crippen LogP) is 14.1. The lowest BCUT2D eigenvalue weighted by atomic mass is 9.87. The molecule has 17 rings (SSSR count). The highest BCUT2D eigenvalue weighted by atomic mass is 16.5. The first-order chi connectivity index (χ1) is 66.5. The highest BCUT2D eigenvalue weighted by molar-refractivity contribution is 5.72. The van der Waals surface area contributed by atoms with Crippen molar-refractivity contribution in [3.8, 4) is 74.4 Å². The van der Waals surface area contributed by atoms with Gasteiger partial charge in [0.25, 0.3) is 0 Å². The molecule has 5 aliphatic rings. The molecule has 0 amide bonds. The molecule has 0 bridgehead atoms. The SMILES string of the molecule is CCCCc1ncnc(NCc2c(-c3ccc(O[C@H]4CCC[C@H](C(=O)O)C4)c(C)n3)nnn2C)n1.CCCOc1ccnc(Cc2c(-c3ccc(O[C@H]4CCC[C@H](C(=O)O)C4)c(C)n3)nnn2C)n1.Cc1nc(-c2nnn(C)c2CNc2nccc(C(C)(C)C)n2)ccc1O[C@H]1CCC[C@H](C(=O)O)C1.Cc1nc(-c2nnn(C)c2CNc2nccc(C3CC3)n2)ccc1O[C@H]1CCC[C@H](C(=O)O)C1. The van der Waals surface area contributed by atoms with Crippen LogP contribution in [0, 0.1) is 51.4 Å². The Morgan fingerprint density at radius 2 is 0.768 bits per heavy atom. The van der Waals surface area contributed by atoms with E-state index in [0.29, 0.717) is 188 Å². The number of ether oxygens (including phenoxy) is 5. The lowest BCUT2D eigenvalue weighted by molar-refractivity contribution is -0.144. The highest BCUT2D eigenvalue weighted by Crippen LogP contribution is 2.41. The Bertz CT molecular complexity index is 6170. The number of aliphatic carboxylic acids is 4. The maximum absolute atomic E-state index is 11.4. The van der Waals surface area contributed by atoms with Crippen LogP contribution in [0.5, 0.6) is 28.9 Å². The Morgan fingerprint density at radius 3 is 1.14 bits per heavy atom. The van der Waals surface area contributed by atoms with Crippen LogP contribution < -0.4 is 39.6 Å². The lowest BCUT2D eigenvalue weighted by Gasteiger charge is -2.27. The smallest absolute Gasteiger partial charge is 0.306 e. The van der Waals surface area contributed by atoms with E-state index in [9.17, 15) is 39.6 Å². The van der Waals surface area contributed by atoms with Gasteiger partial charge in [0.2, 0.25) is 23.7 Å². The Morgan fingerprint density at radius 1 is 0.399 bits per heavy atom. The zero-order valence-corrected chi connectivity index (χ0v) is 80.6. The summed E-state index contributed by atoms with van der Waals surface area (Å²) in [5, 5.41) is 81.2. The number of carboxylic acid groups (broad SMARTS) is 4. The number of nitrogens with zero attached hydrogens (tertiary/aromatic N) is 25. The number of carboxylic acids is 4. The van der Waals surface area contributed by atoms with E-state index in [1.807, 2.05) is 123 Å². The highest BCUT2D eigenvalue weighted by Gasteiger charge is 2.35. The van der Waals surface area contributed by atoms with Crippen molar-refractivity contribution in [2.24, 2.45) is 51.9 Å². The van der Waals surface area contributed by atoms with E-state index < -0.39 is 23.9 Å². The Balaban J connectivity index is 0.000000147. The second-order valence-corrected chi connectivity index (χ2v) is 36.7. The van der Waals surface area contributed by atoms with Crippen LogP contribution in [0.1, 0.15) is 244 Å². The molecule has 12 aromatic heterocycles. The monoisotopic (exact) mass is 1890 g/mol. The van der Waals surface area contributed by atoms with Crippen molar-refractivity contribution >= 4 is 41.7 Å². The molecule has 41 nitrogen and oxygen atoms in total. The molecule has 730 valence electrons. The van der Waals surface area contributed by atoms with Crippen LogP contribution in [-0.4, -0.2) is 200 Å². The fraction of sp³-hybridized carbons (Fsp3) is 0.515. The van der Waals surface area contributed by atoms with E-state index in [4.69, 9.17) is 43.6 Å². The molecule has 0 aromatic carbocycles. The van der Waals surface area contributed by atoms with Gasteiger partial charge in [-0.15, -0.1) is 20.4 Å². The Hall–Kier alpha value is -14.3. The average molecular weight is 1890 g/mol. The van der Waals surface area contributed by atoms with Gasteiger partial charge < -0.3 is 60.1 Å². The van der Waals surface area contributed by atoms with Gasteiger partial charge in [-0.05, 0) is 217 Å². The number of aryl methyl sites for hydroxylation is 9. The summed E-state index contributed by atoms with van der Waals surface area (Å²) < 4.78 is 37.0. The quantitative estimate of drug-likeness (QED) is 0.0197. The molecule has 12 aromatic rings. The summed E-state index contributed by atoms with van der Waals surface area (Å²) in [6, 6.07) is 20.6. The molecule has 0 aliphatic heterocycles. The maximum atomic E-state index is 11.4. The van der Waals surface area contributed by atoms with Crippen molar-refractivity contribution in [3.63, 3.8) is 0 Å². The number of nitrogens with one attached hydrogen (secondary N) is 3. The van der Waals surface area contributed by atoms with Crippen molar-refractivity contribution in [1.82, 2.24) is 125 Å². The molecular formula is C97H124N28O13. The molecule has 41 heteroatoms. The zero-order valence-electron chi connectivity index (χ0n) is 80.6. The fourth-order valence-corrected chi connectivity index (χ4v) is 17.1. The molecule has 0 spiro atoms. The van der Waals surface area contributed by atoms with Crippen LogP contribution in [0.2, 0.25) is 0 Å². The largest absolute Gasteiger partial charge is 0.489 e. The van der Waals surface area contributed by atoms with Crippen molar-refractivity contribution in [1.29, 1.82) is 0 Å². The van der Waals surface area contributed by atoms with Gasteiger partial charge >= 0.3 is 23.9 Å². The van der Waals surface area contributed by atoms with E-state index >= 15 is 0 Å². The number of aromatic nitrogens is 25. The number of pyridine rings is 4. The van der Waals surface area contributed by atoms with Crippen LogP contribution in [-0.2, 0) is 85.3 Å². The number of unbranched alkanes of at least 4 members (excludes halogenated alkanes) is 1. The van der Waals surface area contributed by atoms with Crippen molar-refractivity contribution < 1.29 is 63.3 Å². The standard InChI is InChI=1S/C25H33N7O3.C24H32N8O3.C24H29N7O3.C24H30N6O4/c1-15-20(35-17-8-6-7-16(13-17)23(33)34)10-9-18(28-15)22-19(32(5)31-30-22)14-27-24-26-12-11-21(29-24)25(2,3)4;1-4-5-9-21-26-14-27-24(29-21)25-13-19-22(30-31-32(19)3)18-10-11-20(15(2)28-18)35-17-8-6-7-16(12-17)23(33)34;1-14-21(34-17-5-3-4-16(12-17)23(32)33)9-8-19(27-14)22-20(31(2)30-29-22)13-26-24-25-11-10-18(28-24)15-6-7-15;1-4-12-33-22-10-11-25-21(27-22)14-19-23(28-29-30(19)3)18-8-9-20(15(2)26-18)34-17-7-5-6-16(13-17)24(31)32/h9-12,16-17H,6-8,13-14H2,1-5H3,(H,33,34)(H,26,27,29);10-11,14,16-17H,4-9,12-13H2,1-3H3,(H,33,34)(H,25,26,27,29);8-11,15-17H,3-7,12-13H2,1-2H3,(H,32,33)(H,25,26,28);8-11,16-17H,4-7,12-14H2,1-3H3,(H,31,32)/t4*16-,17-/m0000/s1. The maximum Gasteiger partial charge on any atom is 0.306 e. The number of hydrogen-bond acceptors (Lipinski definition) is 33. The van der Waals surface area contributed by atoms with Crippen LogP contribution in [0.3, 0.4) is 0 Å². The first kappa shape index (κ1) is 99.7. The summed E-state index contributed by atoms with van der Waals surface area (Å²) in [4.78, 5) is 104. The molecular weight excluding hydrogens is 1770 g/mol. The van der Waals surface area contributed by atoms with Gasteiger partial charge in [0.05, 0.1) is 155 Å². The third-order valence-corrected chi connectivity index (χ3v) is 25.1. The van der Waals surface area contributed by atoms with Crippen LogP contribution in [0.25, 0.3) is 45.6 Å². The van der Waals surface area contributed by atoms with Crippen molar-refractivity contribution in [2.45, 2.75) is 265 Å². The molecule has 7 N–H and O–H groups in total. The van der Waals surface area contributed by atoms with Crippen molar-refractivity contribution in [3.05, 3.63) is 160 Å². The fourth-order valence-electron chi connectivity index (χ4n) is 17.1. The Labute approximate surface area is 800 Å². The minimum absolute atomic E-state index is 0.0734. The van der Waals surface area contributed by atoms with Crippen LogP contribution in [0.15, 0.2) is 91.6 Å². The number of carbonyl (C=O) groups is 4. The summed E-state index contributed by atoms with van der Waals surface area (Å²) in [7, 11) is 7.35. The summed E-state index contributed by atoms with van der Waals surface area (Å²) >= 11 is 0. The minimum atomic E-state index is -0.750. The van der Waals surface area contributed by atoms with Gasteiger partial charge in [0.1, 0.15) is 63.7 Å². The van der Waals surface area contributed by atoms with E-state index in [1.54, 1.807) is 43.4 Å². The molecule has 138 heavy (non-hydrogen) atoms. The average Bonchev–Trinajstić information content (AvgIpc) is 1.68. The molecule has 5 fully saturated rings. The zero-order chi connectivity index (χ0) is 97.7. The molecule has 5 saturated carbocycles. The Kier molecular flexibility index (Phi) is 33.6. The van der Waals surface area contributed by atoms with Gasteiger partial charge in [-0.2, -0.15) is 9.97 Å². The van der Waals surface area contributed by atoms with E-state index in [2.05, 4.69) is 130 Å². The number of hydrogen-bond donors (Lipinski definition) is 7. The van der Waals surface area contributed by atoms with Crippen LogP contribution >= 0.6 is 0 Å². The van der Waals surface area contributed by atoms with E-state index in [-0.39, 0.29) is 53.5 Å². The van der Waals surface area contributed by atoms with Gasteiger partial charge in [-0.25, -0.2) is 68.9 Å². The molecule has 0 unspecified atom stereocenters. The predicted molar refractivity (Wildman–Crippen MR) is 508 cm³/mol. The van der Waals surface area contributed by atoms with Gasteiger partial charge in [-0.3, -0.25) is 23.9 Å². The number of rotatable bonds is 34. The first-order valence-electron chi connectivity index (χ1n) is 47.5. The molecule has 0 radical (unpaired) electrons. The normalized spacial score (nSPS) is 18.6. The lowest BCUT2D eigenvalue weighted by Crippen LogP contribution is -2.29. The number of anilines is 3. The molecule has 8 atom stereocenters. The third kappa shape index (κ3) is 26.7. The molecule has 0 saturated heterocycles. The van der Waals surface area contributed by atoms with Crippen LogP contribution in [0.4, 0.5) is 17.8 Å². The molecule has 5 aliphatic carbocycles. The van der Waals surface area contributed by atoms with E-state index in [1.165, 1.54) is 19.2 Å². The van der Waals surface area contributed by atoms with E-state index in [0.717, 1.165) is 140 Å². The first-order valence-corrected chi connectivity index (χ1v) is 47.5. The second-order valence-electron chi connectivity index (χ2n) is 36.7. The van der Waals surface area contributed by atoms with Gasteiger partial charge in [0, 0.05) is 76.3 Å². The summed E-state index contributed by atoms with van der Waals surface area (Å²) in [5.41, 5.74) is 13.7. The summed E-state index contributed by atoms with van der Waals surface area (Å²) in [6.45, 7) is 20.0. The summed E-state index contributed by atoms with van der Waals surface area (Å²) in [5.74, 6) is 2.46. The van der Waals surface area contributed by atoms with Crippen molar-refractivity contribution in [2.75, 3.05) is 22.6 Å². The summed E-state index contributed by atoms with van der Waals surface area (Å²) in [6.07, 6.45) is 24.7. The third-order valence-electron chi connectivity index (χ3n) is 25.1. The topological polar surface area (TPSA) is 522 Å². The minimum Gasteiger partial charge on any atom is -0.489 e.